The Morgan fingerprint density at radius 2 is 1.36 bits per heavy atom. The van der Waals surface area contributed by atoms with Crippen molar-refractivity contribution in [3.8, 4) is 11.1 Å². The zero-order valence-corrected chi connectivity index (χ0v) is 11.7. The molecule has 0 fully saturated rings. The summed E-state index contributed by atoms with van der Waals surface area (Å²) in [5.41, 5.74) is -1.53. The topological polar surface area (TPSA) is 0 Å². The molecule has 7 heteroatoms. The standard InChI is InChI=1S/C15H9ClF6/c16-8-9-1-6-13(15(20,21)22)12(7-9)10-2-4-11(5-3-10)14(17,18)19/h1-7H,8H2. The summed E-state index contributed by atoms with van der Waals surface area (Å²) in [6.45, 7) is 0. The van der Waals surface area contributed by atoms with E-state index in [9.17, 15) is 26.3 Å². The quantitative estimate of drug-likeness (QED) is 0.456. The van der Waals surface area contributed by atoms with Crippen molar-refractivity contribution in [2.24, 2.45) is 0 Å². The van der Waals surface area contributed by atoms with E-state index in [1.807, 2.05) is 0 Å². The first-order chi connectivity index (χ1) is 10.1. The summed E-state index contributed by atoms with van der Waals surface area (Å²) in [7, 11) is 0. The Morgan fingerprint density at radius 1 is 0.773 bits per heavy atom. The Bertz CT molecular complexity index is 655. The number of alkyl halides is 7. The van der Waals surface area contributed by atoms with Gasteiger partial charge in [0.25, 0.3) is 0 Å². The van der Waals surface area contributed by atoms with E-state index in [2.05, 4.69) is 0 Å². The van der Waals surface area contributed by atoms with Crippen LogP contribution >= 0.6 is 11.6 Å². The second-order valence-corrected chi connectivity index (χ2v) is 4.85. The van der Waals surface area contributed by atoms with Gasteiger partial charge in [0.1, 0.15) is 0 Å². The highest BCUT2D eigenvalue weighted by molar-refractivity contribution is 6.17. The zero-order valence-electron chi connectivity index (χ0n) is 10.9. The molecule has 2 aromatic carbocycles. The minimum absolute atomic E-state index is 0.00573. The molecule has 0 aliphatic carbocycles. The Morgan fingerprint density at radius 3 is 1.82 bits per heavy atom. The summed E-state index contributed by atoms with van der Waals surface area (Å²) in [6, 6.07) is 6.90. The largest absolute Gasteiger partial charge is 0.417 e. The van der Waals surface area contributed by atoms with Gasteiger partial charge in [-0.05, 0) is 41.0 Å². The molecule has 0 radical (unpaired) electrons. The van der Waals surface area contributed by atoms with Gasteiger partial charge in [-0.25, -0.2) is 0 Å². The lowest BCUT2D eigenvalue weighted by Gasteiger charge is -2.15. The molecule has 0 nitrogen and oxygen atoms in total. The zero-order chi connectivity index (χ0) is 16.5. The molecule has 0 unspecified atom stereocenters. The smallest absolute Gasteiger partial charge is 0.166 e. The predicted octanol–water partition coefficient (Wildman–Crippen LogP) is 6.13. The highest BCUT2D eigenvalue weighted by atomic mass is 35.5. The molecule has 0 aromatic heterocycles. The summed E-state index contributed by atoms with van der Waals surface area (Å²) >= 11 is 5.61. The van der Waals surface area contributed by atoms with E-state index in [-0.39, 0.29) is 17.0 Å². The molecule has 118 valence electrons. The molecule has 2 aromatic rings. The minimum Gasteiger partial charge on any atom is -0.166 e. The fraction of sp³-hybridized carbons (Fsp3) is 0.200. The Labute approximate surface area is 127 Å². The van der Waals surface area contributed by atoms with Crippen LogP contribution in [0.3, 0.4) is 0 Å². The highest BCUT2D eigenvalue weighted by Gasteiger charge is 2.34. The lowest BCUT2D eigenvalue weighted by atomic mass is 9.96. The van der Waals surface area contributed by atoms with Crippen LogP contribution in [-0.2, 0) is 18.2 Å². The summed E-state index contributed by atoms with van der Waals surface area (Å²) < 4.78 is 76.6. The molecule has 0 aliphatic heterocycles. The SMILES string of the molecule is FC(F)(F)c1ccc(-c2cc(CCl)ccc2C(F)(F)F)cc1. The molecule has 0 spiro atoms. The maximum absolute atomic E-state index is 13.0. The third kappa shape index (κ3) is 3.55. The molecule has 0 heterocycles. The van der Waals surface area contributed by atoms with Crippen LogP contribution in [0.4, 0.5) is 26.3 Å². The van der Waals surface area contributed by atoms with Crippen LogP contribution in [0.5, 0.6) is 0 Å². The van der Waals surface area contributed by atoms with Crippen molar-refractivity contribution >= 4 is 11.6 Å². The molecular formula is C15H9ClF6. The van der Waals surface area contributed by atoms with Crippen molar-refractivity contribution in [3.05, 3.63) is 59.2 Å². The van der Waals surface area contributed by atoms with E-state index in [0.717, 1.165) is 30.3 Å². The molecular weight excluding hydrogens is 330 g/mol. The van der Waals surface area contributed by atoms with Crippen molar-refractivity contribution in [2.75, 3.05) is 0 Å². The lowest BCUT2D eigenvalue weighted by molar-refractivity contribution is -0.138. The molecule has 22 heavy (non-hydrogen) atoms. The van der Waals surface area contributed by atoms with Gasteiger partial charge in [0.05, 0.1) is 11.1 Å². The second-order valence-electron chi connectivity index (χ2n) is 4.59. The molecule has 0 bridgehead atoms. The Hall–Kier alpha value is -1.69. The fourth-order valence-corrected chi connectivity index (χ4v) is 2.17. The van der Waals surface area contributed by atoms with Crippen LogP contribution in [0, 0.1) is 0 Å². The van der Waals surface area contributed by atoms with Gasteiger partial charge in [-0.1, -0.05) is 18.2 Å². The molecule has 0 atom stereocenters. The predicted molar refractivity (Wildman–Crippen MR) is 71.4 cm³/mol. The van der Waals surface area contributed by atoms with E-state index in [0.29, 0.717) is 5.56 Å². The van der Waals surface area contributed by atoms with Gasteiger partial charge in [-0.15, -0.1) is 11.6 Å². The summed E-state index contributed by atoms with van der Waals surface area (Å²) in [6.07, 6.45) is -9.15. The van der Waals surface area contributed by atoms with Crippen molar-refractivity contribution in [1.82, 2.24) is 0 Å². The maximum Gasteiger partial charge on any atom is 0.417 e. The van der Waals surface area contributed by atoms with E-state index in [1.54, 1.807) is 0 Å². The highest BCUT2D eigenvalue weighted by Crippen LogP contribution is 2.38. The van der Waals surface area contributed by atoms with Crippen LogP contribution in [0.15, 0.2) is 42.5 Å². The number of rotatable bonds is 2. The normalized spacial score (nSPS) is 12.5. The van der Waals surface area contributed by atoms with Crippen LogP contribution < -0.4 is 0 Å². The van der Waals surface area contributed by atoms with Gasteiger partial charge >= 0.3 is 12.4 Å². The number of benzene rings is 2. The molecule has 0 N–H and O–H groups in total. The van der Waals surface area contributed by atoms with E-state index >= 15 is 0 Å². The van der Waals surface area contributed by atoms with Crippen LogP contribution in [0.1, 0.15) is 16.7 Å². The van der Waals surface area contributed by atoms with Crippen LogP contribution in [-0.4, -0.2) is 0 Å². The lowest BCUT2D eigenvalue weighted by Crippen LogP contribution is -2.08. The second kappa shape index (κ2) is 5.83. The Kier molecular flexibility index (Phi) is 4.42. The van der Waals surface area contributed by atoms with Crippen molar-refractivity contribution in [3.63, 3.8) is 0 Å². The van der Waals surface area contributed by atoms with Crippen molar-refractivity contribution in [2.45, 2.75) is 18.2 Å². The minimum atomic E-state index is -4.61. The monoisotopic (exact) mass is 338 g/mol. The number of hydrogen-bond acceptors (Lipinski definition) is 0. The first kappa shape index (κ1) is 16.7. The van der Waals surface area contributed by atoms with Crippen LogP contribution in [0.2, 0.25) is 0 Å². The summed E-state index contributed by atoms with van der Waals surface area (Å²) in [4.78, 5) is 0. The maximum atomic E-state index is 13.0. The number of hydrogen-bond donors (Lipinski definition) is 0. The Balaban J connectivity index is 2.55. The van der Waals surface area contributed by atoms with Gasteiger partial charge in [-0.3, -0.25) is 0 Å². The van der Waals surface area contributed by atoms with Gasteiger partial charge in [0.2, 0.25) is 0 Å². The summed E-state index contributed by atoms with van der Waals surface area (Å²) in [5.74, 6) is 0.00573. The average Bonchev–Trinajstić information content (AvgIpc) is 2.45. The van der Waals surface area contributed by atoms with Crippen LogP contribution in [0.25, 0.3) is 11.1 Å². The van der Waals surface area contributed by atoms with Crippen molar-refractivity contribution < 1.29 is 26.3 Å². The molecule has 0 amide bonds. The van der Waals surface area contributed by atoms with Gasteiger partial charge < -0.3 is 0 Å². The summed E-state index contributed by atoms with van der Waals surface area (Å²) in [5, 5.41) is 0. The average molecular weight is 339 g/mol. The van der Waals surface area contributed by atoms with Gasteiger partial charge in [-0.2, -0.15) is 26.3 Å². The van der Waals surface area contributed by atoms with E-state index in [1.165, 1.54) is 12.1 Å². The molecule has 0 saturated heterocycles. The fourth-order valence-electron chi connectivity index (χ4n) is 2.00. The molecule has 0 aliphatic rings. The van der Waals surface area contributed by atoms with Gasteiger partial charge in [0, 0.05) is 5.88 Å². The third-order valence-corrected chi connectivity index (χ3v) is 3.38. The molecule has 2 rings (SSSR count). The van der Waals surface area contributed by atoms with Crippen molar-refractivity contribution in [1.29, 1.82) is 0 Å². The molecule has 0 saturated carbocycles. The van der Waals surface area contributed by atoms with E-state index in [4.69, 9.17) is 11.6 Å². The van der Waals surface area contributed by atoms with Gasteiger partial charge in [0.15, 0.2) is 0 Å². The third-order valence-electron chi connectivity index (χ3n) is 3.07. The first-order valence-corrected chi connectivity index (χ1v) is 6.60. The number of halogens is 7. The van der Waals surface area contributed by atoms with E-state index < -0.39 is 23.5 Å². The first-order valence-electron chi connectivity index (χ1n) is 6.06.